The van der Waals surface area contributed by atoms with Crippen molar-refractivity contribution in [1.29, 1.82) is 0 Å². The summed E-state index contributed by atoms with van der Waals surface area (Å²) in [6, 6.07) is 10.1. The Labute approximate surface area is 181 Å². The number of carbonyl (C=O) groups is 1. The number of nitrogens with one attached hydrogen (secondary N) is 1. The van der Waals surface area contributed by atoms with E-state index in [4.69, 9.17) is 19.5 Å². The van der Waals surface area contributed by atoms with Gasteiger partial charge in [-0.2, -0.15) is 5.09 Å². The number of hydrogen-bond acceptors (Lipinski definition) is 7. The molecule has 8 nitrogen and oxygen atoms in total. The van der Waals surface area contributed by atoms with E-state index in [0.717, 1.165) is 5.56 Å². The molecule has 0 fully saturated rings. The molecule has 4 rings (SSSR count). The highest BCUT2D eigenvalue weighted by Crippen LogP contribution is 2.63. The van der Waals surface area contributed by atoms with Crippen molar-refractivity contribution in [2.45, 2.75) is 44.9 Å². The summed E-state index contributed by atoms with van der Waals surface area (Å²) in [6.07, 6.45) is 0. The molecule has 2 atom stereocenters. The number of carbonyl (C=O) groups excluding carboxylic acids is 1. The van der Waals surface area contributed by atoms with Crippen LogP contribution in [0, 0.1) is 0 Å². The smallest absolute Gasteiger partial charge is 0.406 e. The number of aliphatic hydroxyl groups is 1. The average molecular weight is 446 g/mol. The van der Waals surface area contributed by atoms with Crippen molar-refractivity contribution < 1.29 is 28.3 Å². The quantitative estimate of drug-likeness (QED) is 0.434. The van der Waals surface area contributed by atoms with E-state index in [-0.39, 0.29) is 35.9 Å². The number of ketones is 1. The van der Waals surface area contributed by atoms with Crippen LogP contribution in [0.1, 0.15) is 60.7 Å². The molecule has 1 aliphatic heterocycles. The summed E-state index contributed by atoms with van der Waals surface area (Å²) < 4.78 is 30.4. The zero-order valence-corrected chi connectivity index (χ0v) is 18.9. The second-order valence-electron chi connectivity index (χ2n) is 7.95. The van der Waals surface area contributed by atoms with Crippen molar-refractivity contribution in [3.8, 4) is 5.75 Å². The van der Waals surface area contributed by atoms with E-state index in [1.54, 1.807) is 44.2 Å². The Morgan fingerprint density at radius 3 is 2.45 bits per heavy atom. The second-order valence-corrected chi connectivity index (χ2v) is 9.69. The lowest BCUT2D eigenvalue weighted by Crippen LogP contribution is -2.57. The molecule has 0 aromatic heterocycles. The molecule has 166 valence electrons. The first-order valence-corrected chi connectivity index (χ1v) is 11.9. The van der Waals surface area contributed by atoms with Crippen molar-refractivity contribution in [1.82, 2.24) is 5.09 Å². The molecule has 0 saturated heterocycles. The lowest BCUT2D eigenvalue weighted by molar-refractivity contribution is -0.168. The molecule has 31 heavy (non-hydrogen) atoms. The van der Waals surface area contributed by atoms with Crippen LogP contribution in [0.4, 0.5) is 5.69 Å². The first-order chi connectivity index (χ1) is 14.6. The number of Topliss-reactive ketones (excluding diaryl/α,β-unsaturated/α-hetero) is 1. The molecular weight excluding hydrogens is 419 g/mol. The predicted octanol–water partition coefficient (Wildman–Crippen LogP) is 3.79. The zero-order valence-electron chi connectivity index (χ0n) is 18.0. The second kappa shape index (κ2) is 7.43. The van der Waals surface area contributed by atoms with Crippen LogP contribution in [0.15, 0.2) is 36.4 Å². The monoisotopic (exact) mass is 446 g/mol. The van der Waals surface area contributed by atoms with Gasteiger partial charge in [0.25, 0.3) is 5.79 Å². The minimum absolute atomic E-state index is 0.0715. The van der Waals surface area contributed by atoms with E-state index < -0.39 is 24.9 Å². The zero-order chi connectivity index (χ0) is 22.6. The number of rotatable bonds is 7. The van der Waals surface area contributed by atoms with Gasteiger partial charge in [0, 0.05) is 16.8 Å². The van der Waals surface area contributed by atoms with Crippen LogP contribution in [0.25, 0.3) is 0 Å². The summed E-state index contributed by atoms with van der Waals surface area (Å²) in [7, 11) is -4.01. The van der Waals surface area contributed by atoms with E-state index in [2.05, 4.69) is 5.09 Å². The highest BCUT2D eigenvalue weighted by atomic mass is 31.2. The number of nitrogens with two attached hydrogens (primary N) is 1. The Balaban J connectivity index is 1.99. The molecule has 0 amide bonds. The molecule has 0 bridgehead atoms. The molecule has 1 aliphatic carbocycles. The molecular formula is C22H27N2O6P. The van der Waals surface area contributed by atoms with E-state index in [1.165, 1.54) is 0 Å². The van der Waals surface area contributed by atoms with Crippen LogP contribution in [0.3, 0.4) is 0 Å². The normalized spacial score (nSPS) is 24.1. The van der Waals surface area contributed by atoms with Gasteiger partial charge in [0.1, 0.15) is 5.75 Å². The van der Waals surface area contributed by atoms with Gasteiger partial charge in [-0.1, -0.05) is 38.1 Å². The van der Waals surface area contributed by atoms with Crippen molar-refractivity contribution in [2.75, 3.05) is 18.9 Å². The Morgan fingerprint density at radius 1 is 1.16 bits per heavy atom. The van der Waals surface area contributed by atoms with Crippen LogP contribution in [-0.2, 0) is 24.9 Å². The summed E-state index contributed by atoms with van der Waals surface area (Å²) in [6.45, 7) is 7.52. The van der Waals surface area contributed by atoms with Gasteiger partial charge in [0.2, 0.25) is 0 Å². The third-order valence-electron chi connectivity index (χ3n) is 5.77. The van der Waals surface area contributed by atoms with Crippen molar-refractivity contribution in [3.63, 3.8) is 0 Å². The number of benzene rings is 2. The standard InChI is InChI=1S/C22H27N2O6P/c1-5-28-31(27,29-6-2)24-21-15-11-10-14(13(3)4)12-18(15)30-22(21,26)16-8-7-9-17(23)19(16)20(21)25/h7-13,26H,5-6,23H2,1-4H3,(H,24,27). The molecule has 0 spiro atoms. The lowest BCUT2D eigenvalue weighted by atomic mass is 9.83. The van der Waals surface area contributed by atoms with Crippen LogP contribution in [0.5, 0.6) is 5.75 Å². The van der Waals surface area contributed by atoms with Gasteiger partial charge < -0.3 is 15.6 Å². The molecule has 2 aliphatic rings. The molecule has 2 aromatic carbocycles. The minimum Gasteiger partial charge on any atom is -0.455 e. The Hall–Kier alpha value is -2.22. The predicted molar refractivity (Wildman–Crippen MR) is 116 cm³/mol. The average Bonchev–Trinajstić information content (AvgIpc) is 3.05. The van der Waals surface area contributed by atoms with Crippen molar-refractivity contribution >= 4 is 19.2 Å². The third kappa shape index (κ3) is 2.97. The van der Waals surface area contributed by atoms with Gasteiger partial charge in [-0.05, 0) is 37.5 Å². The van der Waals surface area contributed by atoms with E-state index in [0.29, 0.717) is 11.3 Å². The SMILES string of the molecule is CCOP(=O)(NC12C(=O)c3c(N)cccc3C1(O)Oc1cc(C(C)C)ccc12)OCC. The highest BCUT2D eigenvalue weighted by molar-refractivity contribution is 7.51. The number of anilines is 1. The maximum Gasteiger partial charge on any atom is 0.406 e. The van der Waals surface area contributed by atoms with E-state index in [1.807, 2.05) is 19.9 Å². The van der Waals surface area contributed by atoms with Crippen LogP contribution in [0.2, 0.25) is 0 Å². The largest absolute Gasteiger partial charge is 0.455 e. The van der Waals surface area contributed by atoms with Crippen LogP contribution < -0.4 is 15.6 Å². The third-order valence-corrected chi connectivity index (χ3v) is 7.58. The fourth-order valence-electron chi connectivity index (χ4n) is 4.37. The molecule has 0 radical (unpaired) electrons. The maximum absolute atomic E-state index is 13.9. The van der Waals surface area contributed by atoms with E-state index >= 15 is 0 Å². The number of hydrogen-bond donors (Lipinski definition) is 3. The summed E-state index contributed by atoms with van der Waals surface area (Å²) in [4.78, 5) is 13.9. The van der Waals surface area contributed by atoms with Gasteiger partial charge in [-0.3, -0.25) is 13.8 Å². The molecule has 0 saturated carbocycles. The number of fused-ring (bicyclic) bond motifs is 5. The lowest BCUT2D eigenvalue weighted by Gasteiger charge is -2.36. The van der Waals surface area contributed by atoms with Gasteiger partial charge >= 0.3 is 7.75 Å². The van der Waals surface area contributed by atoms with E-state index in [9.17, 15) is 14.5 Å². The van der Waals surface area contributed by atoms with Gasteiger partial charge in [0.15, 0.2) is 11.3 Å². The van der Waals surface area contributed by atoms with Crippen molar-refractivity contribution in [2.24, 2.45) is 0 Å². The number of ether oxygens (including phenoxy) is 1. The van der Waals surface area contributed by atoms with Crippen LogP contribution >= 0.6 is 7.75 Å². The summed E-state index contributed by atoms with van der Waals surface area (Å²) >= 11 is 0. The van der Waals surface area contributed by atoms with Gasteiger partial charge in [-0.15, -0.1) is 0 Å². The summed E-state index contributed by atoms with van der Waals surface area (Å²) in [5.41, 5.74) is 5.98. The highest BCUT2D eigenvalue weighted by Gasteiger charge is 2.73. The summed E-state index contributed by atoms with van der Waals surface area (Å²) in [5.74, 6) is -2.22. The summed E-state index contributed by atoms with van der Waals surface area (Å²) in [5, 5.41) is 14.7. The molecule has 9 heteroatoms. The Bertz CT molecular complexity index is 1090. The minimum atomic E-state index is -4.01. The van der Waals surface area contributed by atoms with Crippen LogP contribution in [-0.4, -0.2) is 24.1 Å². The van der Waals surface area contributed by atoms with Crippen molar-refractivity contribution in [3.05, 3.63) is 58.7 Å². The maximum atomic E-state index is 13.9. The fraction of sp³-hybridized carbons (Fsp3) is 0.409. The first-order valence-electron chi connectivity index (χ1n) is 10.3. The number of nitrogen functional groups attached to an aromatic ring is 1. The molecule has 1 heterocycles. The van der Waals surface area contributed by atoms with Gasteiger partial charge in [0.05, 0.1) is 18.8 Å². The molecule has 2 aromatic rings. The Kier molecular flexibility index (Phi) is 5.27. The topological polar surface area (TPSA) is 120 Å². The van der Waals surface area contributed by atoms with Gasteiger partial charge in [-0.25, -0.2) is 4.57 Å². The fourth-order valence-corrected chi connectivity index (χ4v) is 6.04. The first kappa shape index (κ1) is 22.0. The molecule has 4 N–H and O–H groups in total. The Morgan fingerprint density at radius 2 is 1.84 bits per heavy atom. The molecule has 2 unspecified atom stereocenters.